The molecular weight excluding hydrogens is 383 g/mol. The fourth-order valence-electron chi connectivity index (χ4n) is 2.89. The zero-order valence-electron chi connectivity index (χ0n) is 15.1. The number of alkyl halides is 3. The highest BCUT2D eigenvalue weighted by atomic mass is 19.4. The van der Waals surface area contributed by atoms with Crippen LogP contribution < -0.4 is 5.56 Å². The van der Waals surface area contributed by atoms with Crippen molar-refractivity contribution < 1.29 is 17.6 Å². The maximum Gasteiger partial charge on any atom is 0.416 e. The van der Waals surface area contributed by atoms with Crippen molar-refractivity contribution in [1.82, 2.24) is 9.66 Å². The third-order valence-corrected chi connectivity index (χ3v) is 4.26. The molecule has 0 aliphatic rings. The van der Waals surface area contributed by atoms with E-state index in [0.717, 1.165) is 16.8 Å². The first-order valence-electron chi connectivity index (χ1n) is 8.63. The Labute approximate surface area is 162 Å². The Morgan fingerprint density at radius 1 is 1.07 bits per heavy atom. The van der Waals surface area contributed by atoms with Crippen LogP contribution in [0.3, 0.4) is 0 Å². The van der Waals surface area contributed by atoms with Crippen molar-refractivity contribution in [1.29, 1.82) is 0 Å². The average molecular weight is 397 g/mol. The van der Waals surface area contributed by atoms with Crippen LogP contribution in [-0.4, -0.2) is 15.9 Å². The normalized spacial score (nSPS) is 12.1. The zero-order chi connectivity index (χ0) is 20.6. The number of nitrogens with zero attached hydrogens (tertiary/aromatic N) is 3. The van der Waals surface area contributed by atoms with Crippen LogP contribution in [-0.2, 0) is 6.18 Å². The maximum absolute atomic E-state index is 13.2. The van der Waals surface area contributed by atoms with E-state index in [1.165, 1.54) is 18.3 Å². The first-order valence-corrected chi connectivity index (χ1v) is 8.63. The molecule has 146 valence electrons. The van der Waals surface area contributed by atoms with Gasteiger partial charge in [-0.25, -0.2) is 4.98 Å². The number of rotatable bonds is 3. The minimum Gasteiger partial charge on any atom is -0.460 e. The summed E-state index contributed by atoms with van der Waals surface area (Å²) >= 11 is 0. The quantitative estimate of drug-likeness (QED) is 0.464. The first-order chi connectivity index (χ1) is 13.8. The van der Waals surface area contributed by atoms with E-state index < -0.39 is 17.3 Å². The van der Waals surface area contributed by atoms with Crippen molar-refractivity contribution in [3.05, 3.63) is 88.1 Å². The van der Waals surface area contributed by atoms with Crippen molar-refractivity contribution in [2.75, 3.05) is 0 Å². The smallest absolute Gasteiger partial charge is 0.416 e. The van der Waals surface area contributed by atoms with Gasteiger partial charge in [-0.15, -0.1) is 0 Å². The van der Waals surface area contributed by atoms with E-state index in [2.05, 4.69) is 10.1 Å². The fourth-order valence-corrected chi connectivity index (χ4v) is 2.89. The number of aryl methyl sites for hydroxylation is 1. The third-order valence-electron chi connectivity index (χ3n) is 4.26. The second-order valence-electron chi connectivity index (χ2n) is 6.34. The molecule has 0 atom stereocenters. The lowest BCUT2D eigenvalue weighted by Gasteiger charge is -2.11. The molecule has 2 aromatic carbocycles. The summed E-state index contributed by atoms with van der Waals surface area (Å²) in [4.78, 5) is 17.4. The molecule has 8 heteroatoms. The summed E-state index contributed by atoms with van der Waals surface area (Å²) in [6, 6.07) is 14.6. The molecule has 0 unspecified atom stereocenters. The van der Waals surface area contributed by atoms with Crippen molar-refractivity contribution in [3.8, 4) is 11.4 Å². The van der Waals surface area contributed by atoms with E-state index in [4.69, 9.17) is 4.42 Å². The van der Waals surface area contributed by atoms with E-state index in [0.29, 0.717) is 22.4 Å². The molecule has 5 nitrogen and oxygen atoms in total. The highest BCUT2D eigenvalue weighted by molar-refractivity contribution is 5.80. The lowest BCUT2D eigenvalue weighted by molar-refractivity contribution is -0.137. The molecule has 0 aliphatic carbocycles. The highest BCUT2D eigenvalue weighted by Crippen LogP contribution is 2.31. The van der Waals surface area contributed by atoms with Gasteiger partial charge in [0.25, 0.3) is 5.56 Å². The molecule has 0 N–H and O–H groups in total. The number of hydrogen-bond donors (Lipinski definition) is 0. The predicted octanol–water partition coefficient (Wildman–Crippen LogP) is 4.87. The Kier molecular flexibility index (Phi) is 4.54. The molecule has 4 rings (SSSR count). The number of halogens is 3. The van der Waals surface area contributed by atoms with E-state index in [9.17, 15) is 18.0 Å². The van der Waals surface area contributed by atoms with Crippen LogP contribution in [0.25, 0.3) is 22.3 Å². The lowest BCUT2D eigenvalue weighted by atomic mass is 10.1. The van der Waals surface area contributed by atoms with Crippen LogP contribution >= 0.6 is 0 Å². The molecule has 2 heterocycles. The van der Waals surface area contributed by atoms with E-state index >= 15 is 0 Å². The minimum atomic E-state index is -4.52. The maximum atomic E-state index is 13.2. The van der Waals surface area contributed by atoms with Gasteiger partial charge in [0.05, 0.1) is 22.7 Å². The van der Waals surface area contributed by atoms with Crippen molar-refractivity contribution in [2.45, 2.75) is 13.1 Å². The number of hydrogen-bond acceptors (Lipinski definition) is 4. The summed E-state index contributed by atoms with van der Waals surface area (Å²) < 4.78 is 45.9. The lowest BCUT2D eigenvalue weighted by Crippen LogP contribution is -2.20. The molecule has 0 radical (unpaired) electrons. The molecule has 0 saturated heterocycles. The van der Waals surface area contributed by atoms with Gasteiger partial charge in [0.15, 0.2) is 5.82 Å². The van der Waals surface area contributed by atoms with Gasteiger partial charge >= 0.3 is 6.18 Å². The first kappa shape index (κ1) is 18.7. The molecule has 2 aromatic heterocycles. The van der Waals surface area contributed by atoms with Crippen molar-refractivity contribution in [2.24, 2.45) is 5.10 Å². The summed E-state index contributed by atoms with van der Waals surface area (Å²) in [5.74, 6) is 1.06. The third kappa shape index (κ3) is 3.69. The van der Waals surface area contributed by atoms with Crippen LogP contribution in [0.4, 0.5) is 13.2 Å². The Hall–Kier alpha value is -3.68. The largest absolute Gasteiger partial charge is 0.460 e. The molecule has 0 spiro atoms. The van der Waals surface area contributed by atoms with Gasteiger partial charge in [-0.05, 0) is 43.3 Å². The topological polar surface area (TPSA) is 60.4 Å². The van der Waals surface area contributed by atoms with Crippen molar-refractivity contribution in [3.63, 3.8) is 0 Å². The average Bonchev–Trinajstić information content (AvgIpc) is 3.12. The summed E-state index contributed by atoms with van der Waals surface area (Å²) in [7, 11) is 0. The van der Waals surface area contributed by atoms with Gasteiger partial charge in [-0.3, -0.25) is 4.79 Å². The van der Waals surface area contributed by atoms with Crippen LogP contribution in [0.15, 0.2) is 75.0 Å². The molecule has 29 heavy (non-hydrogen) atoms. The van der Waals surface area contributed by atoms with Crippen LogP contribution in [0.2, 0.25) is 0 Å². The van der Waals surface area contributed by atoms with Gasteiger partial charge in [-0.1, -0.05) is 24.3 Å². The number of benzene rings is 2. The summed E-state index contributed by atoms with van der Waals surface area (Å²) in [6.45, 7) is 1.76. The van der Waals surface area contributed by atoms with Crippen LogP contribution in [0.5, 0.6) is 0 Å². The number of furan rings is 1. The van der Waals surface area contributed by atoms with E-state index in [1.54, 1.807) is 43.3 Å². The summed E-state index contributed by atoms with van der Waals surface area (Å²) in [6.07, 6.45) is -3.20. The second-order valence-corrected chi connectivity index (χ2v) is 6.34. The zero-order valence-corrected chi connectivity index (χ0v) is 15.1. The van der Waals surface area contributed by atoms with Crippen molar-refractivity contribution >= 4 is 17.1 Å². The number of para-hydroxylation sites is 1. The molecular formula is C21H14F3N3O2. The Bertz CT molecular complexity index is 1290. The Morgan fingerprint density at radius 2 is 1.86 bits per heavy atom. The van der Waals surface area contributed by atoms with Gasteiger partial charge < -0.3 is 4.42 Å². The van der Waals surface area contributed by atoms with Gasteiger partial charge in [0, 0.05) is 5.56 Å². The SMILES string of the molecule is Cc1ccc(C=Nn2c(-c3cccc(C(F)(F)F)c3)nc3ccccc3c2=O)o1. The van der Waals surface area contributed by atoms with Gasteiger partial charge in [0.2, 0.25) is 0 Å². The molecule has 4 aromatic rings. The second kappa shape index (κ2) is 7.05. The Balaban J connectivity index is 1.95. The number of fused-ring (bicyclic) bond motifs is 1. The van der Waals surface area contributed by atoms with Gasteiger partial charge in [0.1, 0.15) is 11.5 Å². The fraction of sp³-hybridized carbons (Fsp3) is 0.0952. The standard InChI is InChI=1S/C21H14F3N3O2/c1-13-9-10-16(29-13)12-25-27-19(14-5-4-6-15(11-14)21(22,23)24)26-18-8-3-2-7-17(18)20(27)28/h2-12H,1H3. The van der Waals surface area contributed by atoms with E-state index in [1.807, 2.05) is 0 Å². The summed E-state index contributed by atoms with van der Waals surface area (Å²) in [5.41, 5.74) is -0.849. The minimum absolute atomic E-state index is 0.000622. The van der Waals surface area contributed by atoms with Crippen LogP contribution in [0.1, 0.15) is 17.1 Å². The highest BCUT2D eigenvalue weighted by Gasteiger charge is 2.30. The Morgan fingerprint density at radius 3 is 2.59 bits per heavy atom. The molecule has 0 aliphatic heterocycles. The summed E-state index contributed by atoms with van der Waals surface area (Å²) in [5, 5.41) is 4.45. The molecule has 0 fully saturated rings. The molecule has 0 bridgehead atoms. The molecule has 0 saturated carbocycles. The van der Waals surface area contributed by atoms with Gasteiger partial charge in [-0.2, -0.15) is 22.9 Å². The molecule has 0 amide bonds. The monoisotopic (exact) mass is 397 g/mol. The predicted molar refractivity (Wildman–Crippen MR) is 103 cm³/mol. The number of aromatic nitrogens is 2. The van der Waals surface area contributed by atoms with Crippen LogP contribution in [0, 0.1) is 6.92 Å². The van der Waals surface area contributed by atoms with E-state index in [-0.39, 0.29) is 11.4 Å².